The molecule has 0 N–H and O–H groups in total. The van der Waals surface area contributed by atoms with Crippen molar-refractivity contribution < 1.29 is 30.9 Å². The Morgan fingerprint density at radius 2 is 1.45 bits per heavy atom. The summed E-state index contributed by atoms with van der Waals surface area (Å²) in [5.41, 5.74) is 0.255. The maximum atomic E-state index is 12.5. The van der Waals surface area contributed by atoms with E-state index in [9.17, 15) is 26.3 Å². The first kappa shape index (κ1) is 14.4. The zero-order valence-electron chi connectivity index (χ0n) is 9.53. The van der Waals surface area contributed by atoms with Crippen LogP contribution in [-0.2, 0) is 0 Å². The second-order valence-corrected chi connectivity index (χ2v) is 3.84. The van der Waals surface area contributed by atoms with E-state index in [2.05, 4.69) is 14.7 Å². The van der Waals surface area contributed by atoms with E-state index in [1.807, 2.05) is 0 Å². The van der Waals surface area contributed by atoms with Gasteiger partial charge in [0.1, 0.15) is 0 Å². The molecule has 0 aliphatic carbocycles. The molecule has 2 aromatic rings. The first-order chi connectivity index (χ1) is 9.19. The van der Waals surface area contributed by atoms with Crippen molar-refractivity contribution in [1.82, 2.24) is 10.1 Å². The van der Waals surface area contributed by atoms with Gasteiger partial charge in [0.25, 0.3) is 0 Å². The highest BCUT2D eigenvalue weighted by Gasteiger charge is 2.60. The predicted octanol–water partition coefficient (Wildman–Crippen LogP) is 3.94. The highest BCUT2D eigenvalue weighted by atomic mass is 19.4. The van der Waals surface area contributed by atoms with Crippen LogP contribution in [0.2, 0.25) is 0 Å². The van der Waals surface area contributed by atoms with Crippen molar-refractivity contribution in [1.29, 1.82) is 0 Å². The molecule has 0 fully saturated rings. The van der Waals surface area contributed by atoms with Crippen LogP contribution in [0.15, 0.2) is 34.9 Å². The van der Waals surface area contributed by atoms with E-state index < -0.39 is 24.2 Å². The summed E-state index contributed by atoms with van der Waals surface area (Å²) < 4.78 is 78.9. The minimum atomic E-state index is -5.56. The summed E-state index contributed by atoms with van der Waals surface area (Å²) >= 11 is 0. The van der Waals surface area contributed by atoms with Crippen LogP contribution in [0.4, 0.5) is 26.3 Å². The highest BCUT2D eigenvalue weighted by Crippen LogP contribution is 2.45. The van der Waals surface area contributed by atoms with E-state index in [0.717, 1.165) is 0 Å². The van der Waals surface area contributed by atoms with Crippen molar-refractivity contribution in [3.63, 3.8) is 0 Å². The molecule has 20 heavy (non-hydrogen) atoms. The van der Waals surface area contributed by atoms with Gasteiger partial charge in [-0.15, -0.1) is 0 Å². The molecule has 9 heteroatoms. The Balaban J connectivity index is 2.41. The van der Waals surface area contributed by atoms with Crippen LogP contribution in [0.25, 0.3) is 11.4 Å². The topological polar surface area (TPSA) is 38.9 Å². The van der Waals surface area contributed by atoms with Crippen LogP contribution >= 0.6 is 0 Å². The van der Waals surface area contributed by atoms with Gasteiger partial charge in [0.05, 0.1) is 0 Å². The first-order valence-electron chi connectivity index (χ1n) is 5.22. The third-order valence-electron chi connectivity index (χ3n) is 2.38. The smallest absolute Gasteiger partial charge is 0.338 e. The molecule has 1 heterocycles. The zero-order valence-corrected chi connectivity index (χ0v) is 9.53. The van der Waals surface area contributed by atoms with Crippen molar-refractivity contribution >= 4 is 0 Å². The number of nitrogens with zero attached hydrogens (tertiary/aromatic N) is 2. The van der Waals surface area contributed by atoms with Crippen LogP contribution < -0.4 is 0 Å². The number of hydrogen-bond acceptors (Lipinski definition) is 3. The number of alkyl halides is 6. The Hall–Kier alpha value is -2.06. The van der Waals surface area contributed by atoms with Crippen molar-refractivity contribution in [2.75, 3.05) is 0 Å². The van der Waals surface area contributed by atoms with Crippen molar-refractivity contribution in [2.24, 2.45) is 0 Å². The lowest BCUT2D eigenvalue weighted by Gasteiger charge is -2.18. The Bertz CT molecular complexity index is 561. The monoisotopic (exact) mass is 296 g/mol. The molecule has 0 spiro atoms. The zero-order chi connectivity index (χ0) is 15.0. The lowest BCUT2D eigenvalue weighted by molar-refractivity contribution is -0.259. The molecule has 0 unspecified atom stereocenters. The molecule has 0 aliphatic heterocycles. The Labute approximate surface area is 108 Å². The van der Waals surface area contributed by atoms with E-state index in [4.69, 9.17) is 0 Å². The number of rotatable bonds is 2. The van der Waals surface area contributed by atoms with Gasteiger partial charge in [-0.25, -0.2) is 0 Å². The summed E-state index contributed by atoms with van der Waals surface area (Å²) in [5, 5.41) is 3.15. The standard InChI is InChI=1S/C11H6F6N2O/c12-10(13,14)7(11(15,16)17)9-18-8(19-20-9)6-4-2-1-3-5-6/h1-5,7H. The van der Waals surface area contributed by atoms with Gasteiger partial charge in [0.15, 0.2) is 0 Å². The largest absolute Gasteiger partial charge is 0.409 e. The molecule has 0 saturated heterocycles. The molecule has 3 nitrogen and oxygen atoms in total. The molecule has 0 bridgehead atoms. The SMILES string of the molecule is FC(F)(F)C(c1nc(-c2ccccc2)no1)C(F)(F)F. The fraction of sp³-hybridized carbons (Fsp3) is 0.273. The van der Waals surface area contributed by atoms with Crippen LogP contribution in [0.5, 0.6) is 0 Å². The van der Waals surface area contributed by atoms with Gasteiger partial charge in [-0.05, 0) is 0 Å². The van der Waals surface area contributed by atoms with E-state index in [0.29, 0.717) is 0 Å². The fourth-order valence-corrected chi connectivity index (χ4v) is 1.52. The quantitative estimate of drug-likeness (QED) is 0.788. The average molecular weight is 296 g/mol. The van der Waals surface area contributed by atoms with Crippen LogP contribution in [0.1, 0.15) is 11.8 Å². The highest BCUT2D eigenvalue weighted by molar-refractivity contribution is 5.53. The van der Waals surface area contributed by atoms with E-state index >= 15 is 0 Å². The van der Waals surface area contributed by atoms with Gasteiger partial charge in [0.2, 0.25) is 17.6 Å². The van der Waals surface area contributed by atoms with Gasteiger partial charge in [-0.1, -0.05) is 35.5 Å². The maximum absolute atomic E-state index is 12.5. The van der Waals surface area contributed by atoms with Gasteiger partial charge in [0, 0.05) is 5.56 Å². The lowest BCUT2D eigenvalue weighted by Crippen LogP contribution is -2.34. The molecule has 0 radical (unpaired) electrons. The Morgan fingerprint density at radius 3 is 1.95 bits per heavy atom. The maximum Gasteiger partial charge on any atom is 0.409 e. The summed E-state index contributed by atoms with van der Waals surface area (Å²) in [6, 6.07) is 7.57. The summed E-state index contributed by atoms with van der Waals surface area (Å²) in [6.45, 7) is 0. The van der Waals surface area contributed by atoms with Crippen molar-refractivity contribution in [3.8, 4) is 11.4 Å². The molecule has 1 aromatic heterocycles. The normalized spacial score (nSPS) is 12.9. The van der Waals surface area contributed by atoms with E-state index in [1.54, 1.807) is 6.07 Å². The molecule has 2 rings (SSSR count). The summed E-state index contributed by atoms with van der Waals surface area (Å²) in [5.74, 6) is -5.65. The molecule has 0 atom stereocenters. The molecule has 1 aromatic carbocycles. The molecule has 0 amide bonds. The second-order valence-electron chi connectivity index (χ2n) is 3.84. The number of halogens is 6. The third kappa shape index (κ3) is 2.91. The van der Waals surface area contributed by atoms with E-state index in [-0.39, 0.29) is 11.4 Å². The third-order valence-corrected chi connectivity index (χ3v) is 2.38. The van der Waals surface area contributed by atoms with Crippen LogP contribution in [0.3, 0.4) is 0 Å². The average Bonchev–Trinajstić information content (AvgIpc) is 2.75. The minimum Gasteiger partial charge on any atom is -0.338 e. The predicted molar refractivity (Wildman–Crippen MR) is 54.6 cm³/mol. The molecular weight excluding hydrogens is 290 g/mol. The molecule has 108 valence electrons. The molecular formula is C11H6F6N2O. The van der Waals surface area contributed by atoms with Gasteiger partial charge >= 0.3 is 12.4 Å². The Kier molecular flexibility index (Phi) is 3.45. The van der Waals surface area contributed by atoms with Crippen LogP contribution in [-0.4, -0.2) is 22.5 Å². The van der Waals surface area contributed by atoms with Crippen molar-refractivity contribution in [2.45, 2.75) is 18.3 Å². The number of aromatic nitrogens is 2. The number of benzene rings is 1. The van der Waals surface area contributed by atoms with E-state index in [1.165, 1.54) is 24.3 Å². The second kappa shape index (κ2) is 4.80. The summed E-state index contributed by atoms with van der Waals surface area (Å²) in [6.07, 6.45) is -11.1. The fourth-order valence-electron chi connectivity index (χ4n) is 1.52. The molecule has 0 saturated carbocycles. The number of hydrogen-bond donors (Lipinski definition) is 0. The lowest BCUT2D eigenvalue weighted by atomic mass is 10.1. The summed E-state index contributed by atoms with van der Waals surface area (Å²) in [7, 11) is 0. The molecule has 0 aliphatic rings. The minimum absolute atomic E-state index is 0.255. The summed E-state index contributed by atoms with van der Waals surface area (Å²) in [4.78, 5) is 3.20. The first-order valence-corrected chi connectivity index (χ1v) is 5.22. The Morgan fingerprint density at radius 1 is 0.900 bits per heavy atom. The van der Waals surface area contributed by atoms with Gasteiger partial charge in [-0.3, -0.25) is 0 Å². The van der Waals surface area contributed by atoms with Gasteiger partial charge in [-0.2, -0.15) is 31.3 Å². The van der Waals surface area contributed by atoms with Gasteiger partial charge < -0.3 is 4.52 Å². The van der Waals surface area contributed by atoms with Crippen molar-refractivity contribution in [3.05, 3.63) is 36.2 Å². The van der Waals surface area contributed by atoms with Crippen LogP contribution in [0, 0.1) is 0 Å².